The number of nitrogens with one attached hydrogen (secondary N) is 1. The molecule has 3 N–H and O–H groups in total. The second-order valence-corrected chi connectivity index (χ2v) is 10.5. The number of benzene rings is 1. The predicted octanol–water partition coefficient (Wildman–Crippen LogP) is 5.97. The molecule has 0 bridgehead atoms. The van der Waals surface area contributed by atoms with Gasteiger partial charge in [-0.1, -0.05) is 17.7 Å². The van der Waals surface area contributed by atoms with Gasteiger partial charge in [0.2, 0.25) is 0 Å². The lowest BCUT2D eigenvalue weighted by Crippen LogP contribution is -2.18. The largest absolute Gasteiger partial charge is 0.470 e. The van der Waals surface area contributed by atoms with Gasteiger partial charge in [0.15, 0.2) is 12.4 Å². The molecule has 212 valence electrons. The molecule has 4 aromatic heterocycles. The molecular weight excluding hydrogens is 576 g/mol. The topological polar surface area (TPSA) is 130 Å². The van der Waals surface area contributed by atoms with Crippen molar-refractivity contribution in [2.24, 2.45) is 5.73 Å². The number of rotatable bonds is 9. The first-order valence-electron chi connectivity index (χ1n) is 12.4. The van der Waals surface area contributed by atoms with Gasteiger partial charge in [-0.25, -0.2) is 18.4 Å². The molecule has 10 nitrogen and oxygen atoms in total. The number of primary amides is 1. The number of hydrogen-bond acceptors (Lipinski definition) is 7. The monoisotopic (exact) mass is 599 g/mol. The second-order valence-electron chi connectivity index (χ2n) is 9.13. The van der Waals surface area contributed by atoms with Crippen LogP contribution in [0.2, 0.25) is 5.02 Å². The van der Waals surface area contributed by atoms with E-state index >= 15 is 0 Å². The molecule has 1 aromatic carbocycles. The van der Waals surface area contributed by atoms with Crippen LogP contribution in [0.5, 0.6) is 5.75 Å². The lowest BCUT2D eigenvalue weighted by molar-refractivity contribution is 0.100. The number of halogens is 3. The summed E-state index contributed by atoms with van der Waals surface area (Å²) in [5, 5.41) is 12.1. The normalized spacial score (nSPS) is 11.4. The van der Waals surface area contributed by atoms with Crippen LogP contribution < -0.4 is 15.8 Å². The van der Waals surface area contributed by atoms with Gasteiger partial charge in [0.1, 0.15) is 21.2 Å². The Morgan fingerprint density at radius 2 is 1.93 bits per heavy atom. The van der Waals surface area contributed by atoms with Crippen LogP contribution >= 0.6 is 22.9 Å². The number of alkyl halides is 2. The molecule has 4 heterocycles. The van der Waals surface area contributed by atoms with Crippen molar-refractivity contribution in [3.63, 3.8) is 0 Å². The Kier molecular flexibility index (Phi) is 7.74. The van der Waals surface area contributed by atoms with E-state index in [0.29, 0.717) is 39.5 Å². The Bertz CT molecular complexity index is 1800. The first kappa shape index (κ1) is 28.2. The number of fused-ring (bicyclic) bond motifs is 1. The first-order chi connectivity index (χ1) is 19.5. The van der Waals surface area contributed by atoms with Crippen LogP contribution in [0.25, 0.3) is 21.3 Å². The zero-order valence-electron chi connectivity index (χ0n) is 22.1. The molecule has 0 radical (unpaired) electrons. The minimum absolute atomic E-state index is 0.0183. The van der Waals surface area contributed by atoms with Gasteiger partial charge in [-0.05, 0) is 56.2 Å². The number of nitrogens with zero attached hydrogens (tertiary/aromatic N) is 5. The number of ether oxygens (including phenoxy) is 1. The van der Waals surface area contributed by atoms with E-state index in [-0.39, 0.29) is 27.8 Å². The van der Waals surface area contributed by atoms with E-state index in [0.717, 1.165) is 16.9 Å². The first-order valence-corrected chi connectivity index (χ1v) is 13.6. The van der Waals surface area contributed by atoms with Gasteiger partial charge in [0, 0.05) is 29.9 Å². The number of pyridine rings is 1. The summed E-state index contributed by atoms with van der Waals surface area (Å²) in [6.45, 7) is 6.08. The number of thiophene rings is 1. The molecule has 0 saturated heterocycles. The molecule has 41 heavy (non-hydrogen) atoms. The number of aromatic nitrogens is 5. The zero-order valence-corrected chi connectivity index (χ0v) is 23.7. The third kappa shape index (κ3) is 5.63. The molecule has 0 unspecified atom stereocenters. The lowest BCUT2D eigenvalue weighted by atomic mass is 10.0. The summed E-state index contributed by atoms with van der Waals surface area (Å²) >= 11 is 7.00. The van der Waals surface area contributed by atoms with Crippen LogP contribution in [-0.4, -0.2) is 36.4 Å². The van der Waals surface area contributed by atoms with E-state index in [4.69, 9.17) is 22.1 Å². The summed E-state index contributed by atoms with van der Waals surface area (Å²) in [6.07, 6.45) is 0.399. The van der Waals surface area contributed by atoms with Gasteiger partial charge in [0.25, 0.3) is 18.2 Å². The number of carbonyl (C=O) groups excluding carboxylic acids is 2. The van der Waals surface area contributed by atoms with Gasteiger partial charge in [-0.2, -0.15) is 10.2 Å². The fourth-order valence-electron chi connectivity index (χ4n) is 4.27. The molecule has 0 spiro atoms. The third-order valence-electron chi connectivity index (χ3n) is 6.24. The van der Waals surface area contributed by atoms with Gasteiger partial charge in [0.05, 0.1) is 16.4 Å². The Hall–Kier alpha value is -4.36. The molecule has 2 amide bonds. The van der Waals surface area contributed by atoms with Gasteiger partial charge >= 0.3 is 0 Å². The van der Waals surface area contributed by atoms with Crippen molar-refractivity contribution in [1.82, 2.24) is 24.5 Å². The Morgan fingerprint density at radius 1 is 1.15 bits per heavy atom. The zero-order chi connectivity index (χ0) is 29.4. The minimum atomic E-state index is -2.86. The maximum Gasteiger partial charge on any atom is 0.280 e. The molecule has 0 atom stereocenters. The highest BCUT2D eigenvalue weighted by molar-refractivity contribution is 7.21. The summed E-state index contributed by atoms with van der Waals surface area (Å²) in [7, 11) is 0. The molecule has 0 aliphatic heterocycles. The third-order valence-corrected chi connectivity index (χ3v) is 7.65. The highest BCUT2D eigenvalue weighted by Crippen LogP contribution is 2.43. The van der Waals surface area contributed by atoms with Crippen molar-refractivity contribution < 1.29 is 23.1 Å². The fraction of sp³-hybridized carbons (Fsp3) is 0.222. The lowest BCUT2D eigenvalue weighted by Gasteiger charge is -2.10. The molecule has 0 aliphatic rings. The van der Waals surface area contributed by atoms with Crippen LogP contribution in [-0.2, 0) is 13.3 Å². The van der Waals surface area contributed by atoms with E-state index in [2.05, 4.69) is 20.5 Å². The van der Waals surface area contributed by atoms with Gasteiger partial charge in [-0.3, -0.25) is 14.3 Å². The number of anilines is 1. The Labute approximate surface area is 241 Å². The summed E-state index contributed by atoms with van der Waals surface area (Å²) in [6, 6.07) is 8.07. The molecule has 5 rings (SSSR count). The predicted molar refractivity (Wildman–Crippen MR) is 152 cm³/mol. The maximum absolute atomic E-state index is 13.8. The van der Waals surface area contributed by atoms with Crippen LogP contribution in [0.3, 0.4) is 0 Å². The summed E-state index contributed by atoms with van der Waals surface area (Å²) in [5.74, 6) is -1.03. The number of amides is 2. The molecule has 0 fully saturated rings. The SMILES string of the molecule is CCn1cc(-c2cc(C(F)F)nc3sc(C(N)=O)c(NC(=O)c4ccn(COc5cc(C)ccc5Cl)n4)c23)c(C)n1. The number of hydrogen-bond donors (Lipinski definition) is 2. The van der Waals surface area contributed by atoms with Crippen molar-refractivity contribution >= 4 is 50.7 Å². The van der Waals surface area contributed by atoms with E-state index in [9.17, 15) is 18.4 Å². The van der Waals surface area contributed by atoms with Gasteiger partial charge in [-0.15, -0.1) is 11.3 Å². The summed E-state index contributed by atoms with van der Waals surface area (Å²) < 4.78 is 36.4. The van der Waals surface area contributed by atoms with Crippen molar-refractivity contribution in [3.05, 3.63) is 75.3 Å². The smallest absolute Gasteiger partial charge is 0.280 e. The highest BCUT2D eigenvalue weighted by Gasteiger charge is 2.27. The Morgan fingerprint density at radius 3 is 2.61 bits per heavy atom. The van der Waals surface area contributed by atoms with Crippen LogP contribution in [0.1, 0.15) is 50.5 Å². The van der Waals surface area contributed by atoms with Crippen molar-refractivity contribution in [1.29, 1.82) is 0 Å². The standard InChI is InChI=1S/C27H24ClF2N7O3S/c1-4-36-11-16(14(3)34-36)15-10-19(24(29)30)32-27-21(15)22(23(41-27)25(31)38)33-26(39)18-7-8-37(35-18)12-40-20-9-13(2)5-6-17(20)28/h5-11,24H,4,12H2,1-3H3,(H2,31,38)(H,33,39). The molecular formula is C27H24ClF2N7O3S. The number of nitrogens with two attached hydrogens (primary N) is 1. The number of aryl methyl sites for hydroxylation is 3. The van der Waals surface area contributed by atoms with E-state index in [1.165, 1.54) is 16.8 Å². The van der Waals surface area contributed by atoms with Crippen molar-refractivity contribution in [3.8, 4) is 16.9 Å². The van der Waals surface area contributed by atoms with Crippen LogP contribution in [0.4, 0.5) is 14.5 Å². The maximum atomic E-state index is 13.8. The summed E-state index contributed by atoms with van der Waals surface area (Å²) in [5.41, 5.74) is 7.69. The average Bonchev–Trinajstić information content (AvgIpc) is 3.65. The number of carbonyl (C=O) groups is 2. The van der Waals surface area contributed by atoms with E-state index in [1.54, 1.807) is 36.1 Å². The molecule has 5 aromatic rings. The fourth-order valence-corrected chi connectivity index (χ4v) is 5.45. The van der Waals surface area contributed by atoms with Gasteiger partial charge < -0.3 is 15.8 Å². The van der Waals surface area contributed by atoms with E-state index < -0.39 is 23.9 Å². The molecule has 0 saturated carbocycles. The molecule has 14 heteroatoms. The quantitative estimate of drug-likeness (QED) is 0.215. The minimum Gasteiger partial charge on any atom is -0.470 e. The molecule has 0 aliphatic carbocycles. The second kappa shape index (κ2) is 11.3. The summed E-state index contributed by atoms with van der Waals surface area (Å²) in [4.78, 5) is 29.9. The van der Waals surface area contributed by atoms with Crippen LogP contribution in [0.15, 0.2) is 42.7 Å². The Balaban J connectivity index is 1.51. The van der Waals surface area contributed by atoms with Crippen molar-refractivity contribution in [2.75, 3.05) is 5.32 Å². The van der Waals surface area contributed by atoms with Crippen molar-refractivity contribution in [2.45, 2.75) is 40.5 Å². The van der Waals surface area contributed by atoms with E-state index in [1.807, 2.05) is 19.9 Å². The van der Waals surface area contributed by atoms with Crippen LogP contribution in [0, 0.1) is 13.8 Å². The average molecular weight is 600 g/mol. The highest BCUT2D eigenvalue weighted by atomic mass is 35.5.